The summed E-state index contributed by atoms with van der Waals surface area (Å²) in [6, 6.07) is 10.4. The van der Waals surface area contributed by atoms with E-state index < -0.39 is 0 Å². The zero-order chi connectivity index (χ0) is 21.6. The van der Waals surface area contributed by atoms with Crippen molar-refractivity contribution in [2.24, 2.45) is 5.73 Å². The smallest absolute Gasteiger partial charge is 0.224 e. The van der Waals surface area contributed by atoms with Crippen LogP contribution in [0.15, 0.2) is 48.1 Å². The minimum absolute atomic E-state index is 0.137. The molecule has 1 aliphatic rings. The van der Waals surface area contributed by atoms with Crippen molar-refractivity contribution in [1.29, 1.82) is 5.26 Å². The fourth-order valence-electron chi connectivity index (χ4n) is 3.94. The summed E-state index contributed by atoms with van der Waals surface area (Å²) in [6.45, 7) is 10.2. The van der Waals surface area contributed by atoms with Gasteiger partial charge in [-0.15, -0.1) is 0 Å². The highest BCUT2D eigenvalue weighted by molar-refractivity contribution is 5.56. The van der Waals surface area contributed by atoms with Gasteiger partial charge in [0.15, 0.2) is 0 Å². The lowest BCUT2D eigenvalue weighted by atomic mass is 9.83. The first kappa shape index (κ1) is 19.8. The van der Waals surface area contributed by atoms with Crippen LogP contribution in [0.2, 0.25) is 0 Å². The van der Waals surface area contributed by atoms with Gasteiger partial charge in [-0.1, -0.05) is 19.1 Å². The molecule has 1 aliphatic heterocycles. The van der Waals surface area contributed by atoms with Crippen LogP contribution in [0.25, 0.3) is 5.69 Å². The van der Waals surface area contributed by atoms with Crippen molar-refractivity contribution in [3.8, 4) is 17.6 Å². The van der Waals surface area contributed by atoms with E-state index in [1.807, 2.05) is 46.6 Å². The van der Waals surface area contributed by atoms with Gasteiger partial charge in [-0.3, -0.25) is 0 Å². The molecule has 2 N–H and O–H groups in total. The van der Waals surface area contributed by atoms with E-state index in [1.165, 1.54) is 0 Å². The first-order valence-electron chi connectivity index (χ1n) is 10.1. The Kier molecular flexibility index (Phi) is 4.65. The number of aromatic nitrogens is 4. The van der Waals surface area contributed by atoms with Crippen molar-refractivity contribution < 1.29 is 4.74 Å². The third kappa shape index (κ3) is 3.05. The third-order valence-corrected chi connectivity index (χ3v) is 5.42. The van der Waals surface area contributed by atoms with Gasteiger partial charge in [0.2, 0.25) is 11.8 Å². The standard InChI is InChI=1S/C23H26N6O/c1-6-18-20-19(15-7-9-16(10-8-15)28-12-11-26-14(28)2)17(13-24)21(25)30-22(20)29(27-18)23(3,4)5/h7-12,19H,6,25H2,1-5H3. The molecular formula is C23H26N6O. The first-order chi connectivity index (χ1) is 14.3. The molecule has 0 aliphatic carbocycles. The molecule has 0 spiro atoms. The summed E-state index contributed by atoms with van der Waals surface area (Å²) in [5.41, 5.74) is 10.2. The number of hydrogen-bond donors (Lipinski definition) is 1. The summed E-state index contributed by atoms with van der Waals surface area (Å²) in [5, 5.41) is 14.7. The number of hydrogen-bond acceptors (Lipinski definition) is 5. The molecule has 154 valence electrons. The Morgan fingerprint density at radius 1 is 1.23 bits per heavy atom. The molecule has 7 heteroatoms. The molecular weight excluding hydrogens is 376 g/mol. The predicted octanol–water partition coefficient (Wildman–Crippen LogP) is 3.91. The van der Waals surface area contributed by atoms with Gasteiger partial charge in [0.1, 0.15) is 17.5 Å². The third-order valence-electron chi connectivity index (χ3n) is 5.42. The van der Waals surface area contributed by atoms with E-state index in [-0.39, 0.29) is 17.3 Å². The van der Waals surface area contributed by atoms with Crippen molar-refractivity contribution in [1.82, 2.24) is 19.3 Å². The molecule has 0 saturated carbocycles. The molecule has 3 aromatic rings. The molecule has 2 aromatic heterocycles. The van der Waals surface area contributed by atoms with Crippen LogP contribution in [0.5, 0.6) is 5.88 Å². The summed E-state index contributed by atoms with van der Waals surface area (Å²) in [4.78, 5) is 4.29. The van der Waals surface area contributed by atoms with E-state index in [0.717, 1.165) is 34.8 Å². The number of nitriles is 1. The van der Waals surface area contributed by atoms with Crippen molar-refractivity contribution in [3.63, 3.8) is 0 Å². The van der Waals surface area contributed by atoms with E-state index in [1.54, 1.807) is 6.20 Å². The van der Waals surface area contributed by atoms with Crippen LogP contribution in [0, 0.1) is 18.3 Å². The Balaban J connectivity index is 1.88. The maximum Gasteiger partial charge on any atom is 0.224 e. The molecule has 0 radical (unpaired) electrons. The lowest BCUT2D eigenvalue weighted by Gasteiger charge is -2.28. The van der Waals surface area contributed by atoms with E-state index in [4.69, 9.17) is 15.6 Å². The highest BCUT2D eigenvalue weighted by Gasteiger charge is 2.38. The van der Waals surface area contributed by atoms with Gasteiger partial charge < -0.3 is 15.0 Å². The SMILES string of the molecule is CCc1nn(C(C)(C)C)c2c1C(c1ccc(-n3ccnc3C)cc1)C(C#N)=C(N)O2. The van der Waals surface area contributed by atoms with Gasteiger partial charge in [0, 0.05) is 18.1 Å². The van der Waals surface area contributed by atoms with E-state index in [2.05, 4.69) is 38.7 Å². The molecule has 1 unspecified atom stereocenters. The van der Waals surface area contributed by atoms with E-state index in [0.29, 0.717) is 11.5 Å². The van der Waals surface area contributed by atoms with Crippen molar-refractivity contribution >= 4 is 0 Å². The monoisotopic (exact) mass is 402 g/mol. The van der Waals surface area contributed by atoms with Crippen LogP contribution >= 0.6 is 0 Å². The number of benzene rings is 1. The van der Waals surface area contributed by atoms with Crippen molar-refractivity contribution in [2.45, 2.75) is 52.5 Å². The van der Waals surface area contributed by atoms with Crippen LogP contribution in [0.1, 0.15) is 56.3 Å². The average molecular weight is 403 g/mol. The number of allylic oxidation sites excluding steroid dienone is 1. The van der Waals surface area contributed by atoms with E-state index in [9.17, 15) is 5.26 Å². The summed E-state index contributed by atoms with van der Waals surface area (Å²) in [5.74, 6) is 1.35. The van der Waals surface area contributed by atoms with Crippen LogP contribution in [0.3, 0.4) is 0 Å². The number of rotatable bonds is 3. The number of fused-ring (bicyclic) bond motifs is 1. The number of nitrogens with two attached hydrogens (primary N) is 1. The molecule has 30 heavy (non-hydrogen) atoms. The molecule has 1 atom stereocenters. The van der Waals surface area contributed by atoms with Gasteiger partial charge >= 0.3 is 0 Å². The molecule has 0 saturated heterocycles. The highest BCUT2D eigenvalue weighted by atomic mass is 16.5. The fraction of sp³-hybridized carbons (Fsp3) is 0.348. The zero-order valence-electron chi connectivity index (χ0n) is 18.0. The summed E-state index contributed by atoms with van der Waals surface area (Å²) >= 11 is 0. The first-order valence-corrected chi connectivity index (χ1v) is 10.1. The highest BCUT2D eigenvalue weighted by Crippen LogP contribution is 2.45. The topological polar surface area (TPSA) is 94.7 Å². The lowest BCUT2D eigenvalue weighted by Crippen LogP contribution is -2.27. The average Bonchev–Trinajstić information content (AvgIpc) is 3.30. The van der Waals surface area contributed by atoms with Crippen molar-refractivity contribution in [3.05, 3.63) is 70.8 Å². The van der Waals surface area contributed by atoms with Gasteiger partial charge in [-0.25, -0.2) is 9.67 Å². The second-order valence-corrected chi connectivity index (χ2v) is 8.46. The quantitative estimate of drug-likeness (QED) is 0.717. The van der Waals surface area contributed by atoms with Gasteiger partial charge in [-0.2, -0.15) is 10.4 Å². The largest absolute Gasteiger partial charge is 0.422 e. The minimum atomic E-state index is -0.317. The molecule has 1 aromatic carbocycles. The van der Waals surface area contributed by atoms with Crippen LogP contribution < -0.4 is 10.5 Å². The minimum Gasteiger partial charge on any atom is -0.422 e. The van der Waals surface area contributed by atoms with Gasteiger partial charge in [0.25, 0.3) is 0 Å². The molecule has 7 nitrogen and oxygen atoms in total. The summed E-state index contributed by atoms with van der Waals surface area (Å²) in [7, 11) is 0. The van der Waals surface area contributed by atoms with E-state index >= 15 is 0 Å². The number of nitrogens with zero attached hydrogens (tertiary/aromatic N) is 5. The van der Waals surface area contributed by atoms with Crippen molar-refractivity contribution in [2.75, 3.05) is 0 Å². The van der Waals surface area contributed by atoms with Gasteiger partial charge in [0.05, 0.1) is 22.7 Å². The molecule has 0 amide bonds. The maximum atomic E-state index is 9.88. The summed E-state index contributed by atoms with van der Waals surface area (Å²) in [6.07, 6.45) is 4.44. The van der Waals surface area contributed by atoms with Gasteiger partial charge in [-0.05, 0) is 51.8 Å². The second kappa shape index (κ2) is 7.06. The molecule has 0 fully saturated rings. The Hall–Kier alpha value is -3.53. The lowest BCUT2D eigenvalue weighted by molar-refractivity contribution is 0.277. The molecule has 0 bridgehead atoms. The maximum absolute atomic E-state index is 9.88. The van der Waals surface area contributed by atoms with Crippen LogP contribution in [-0.4, -0.2) is 19.3 Å². The second-order valence-electron chi connectivity index (χ2n) is 8.46. The van der Waals surface area contributed by atoms with Crippen LogP contribution in [0.4, 0.5) is 0 Å². The Morgan fingerprint density at radius 2 is 1.93 bits per heavy atom. The summed E-state index contributed by atoms with van der Waals surface area (Å²) < 4.78 is 9.84. The Labute approximate surface area is 176 Å². The Bertz CT molecular complexity index is 1170. The number of ether oxygens (including phenoxy) is 1. The fourth-order valence-corrected chi connectivity index (χ4v) is 3.94. The molecule has 3 heterocycles. The Morgan fingerprint density at radius 3 is 2.47 bits per heavy atom. The normalized spacial score (nSPS) is 16.2. The zero-order valence-corrected chi connectivity index (χ0v) is 18.0. The number of imidazole rings is 1. The number of aryl methyl sites for hydroxylation is 2. The predicted molar refractivity (Wildman–Crippen MR) is 114 cm³/mol. The molecule has 4 rings (SSSR count). The van der Waals surface area contributed by atoms with Crippen LogP contribution in [-0.2, 0) is 12.0 Å².